The number of halogens is 1. The van der Waals surface area contributed by atoms with Crippen molar-refractivity contribution in [2.45, 2.75) is 11.8 Å². The molecule has 1 amide bonds. The van der Waals surface area contributed by atoms with E-state index in [0.717, 1.165) is 12.1 Å². The molecule has 0 fully saturated rings. The Kier molecular flexibility index (Phi) is 5.37. The number of rotatable bonds is 5. The number of sulfonamides is 1. The fraction of sp³-hybridized carbons (Fsp3) is 0.364. The first-order chi connectivity index (χ1) is 9.12. The SMILES string of the molecule is Cc1c(C(=O)NCCS(C)=O)cc(F)cc1S(N)(=O)=O. The second kappa shape index (κ2) is 6.42. The molecule has 3 N–H and O–H groups in total. The summed E-state index contributed by atoms with van der Waals surface area (Å²) in [6, 6.07) is 1.70. The van der Waals surface area contributed by atoms with Crippen LogP contribution in [0.2, 0.25) is 0 Å². The van der Waals surface area contributed by atoms with Crippen molar-refractivity contribution in [3.63, 3.8) is 0 Å². The van der Waals surface area contributed by atoms with E-state index in [1.54, 1.807) is 0 Å². The minimum atomic E-state index is -4.11. The highest BCUT2D eigenvalue weighted by Crippen LogP contribution is 2.19. The Morgan fingerprint density at radius 3 is 2.55 bits per heavy atom. The van der Waals surface area contributed by atoms with E-state index >= 15 is 0 Å². The lowest BCUT2D eigenvalue weighted by molar-refractivity contribution is 0.0955. The first kappa shape index (κ1) is 16.7. The van der Waals surface area contributed by atoms with Crippen LogP contribution in [0.15, 0.2) is 17.0 Å². The van der Waals surface area contributed by atoms with E-state index in [4.69, 9.17) is 5.14 Å². The summed E-state index contributed by atoms with van der Waals surface area (Å²) >= 11 is 0. The van der Waals surface area contributed by atoms with Gasteiger partial charge in [0.05, 0.1) is 4.90 Å². The molecule has 0 aromatic heterocycles. The molecule has 1 aromatic rings. The summed E-state index contributed by atoms with van der Waals surface area (Å²) < 4.78 is 46.9. The van der Waals surface area contributed by atoms with Crippen molar-refractivity contribution >= 4 is 26.7 Å². The highest BCUT2D eigenvalue weighted by atomic mass is 32.2. The van der Waals surface area contributed by atoms with E-state index in [9.17, 15) is 21.8 Å². The molecule has 1 aromatic carbocycles. The second-order valence-corrected chi connectivity index (χ2v) is 7.24. The molecule has 0 heterocycles. The molecule has 0 spiro atoms. The molecule has 1 atom stereocenters. The molecule has 0 aliphatic heterocycles. The molecule has 20 heavy (non-hydrogen) atoms. The molecule has 0 saturated heterocycles. The van der Waals surface area contributed by atoms with E-state index in [0.29, 0.717) is 0 Å². The van der Waals surface area contributed by atoms with Gasteiger partial charge in [-0.25, -0.2) is 17.9 Å². The molecule has 0 aliphatic carbocycles. The monoisotopic (exact) mass is 322 g/mol. The number of amides is 1. The van der Waals surface area contributed by atoms with E-state index in [2.05, 4.69) is 5.32 Å². The van der Waals surface area contributed by atoms with Crippen LogP contribution in [0.25, 0.3) is 0 Å². The maximum absolute atomic E-state index is 13.4. The molecular weight excluding hydrogens is 307 g/mol. The predicted molar refractivity (Wildman–Crippen MR) is 73.8 cm³/mol. The van der Waals surface area contributed by atoms with Gasteiger partial charge in [0.25, 0.3) is 5.91 Å². The van der Waals surface area contributed by atoms with Crippen molar-refractivity contribution in [1.82, 2.24) is 5.32 Å². The van der Waals surface area contributed by atoms with E-state index in [1.807, 2.05) is 0 Å². The third kappa shape index (κ3) is 4.36. The van der Waals surface area contributed by atoms with E-state index < -0.39 is 37.4 Å². The molecule has 1 unspecified atom stereocenters. The molecule has 0 aliphatic rings. The van der Waals surface area contributed by atoms with Crippen LogP contribution in [0.1, 0.15) is 15.9 Å². The molecule has 0 bridgehead atoms. The summed E-state index contributed by atoms with van der Waals surface area (Å²) in [5.41, 5.74) is -0.0417. The lowest BCUT2D eigenvalue weighted by atomic mass is 10.1. The number of carbonyl (C=O) groups excluding carboxylic acids is 1. The van der Waals surface area contributed by atoms with Crippen LogP contribution < -0.4 is 10.5 Å². The fourth-order valence-electron chi connectivity index (χ4n) is 1.59. The summed E-state index contributed by atoms with van der Waals surface area (Å²) in [6.45, 7) is 1.51. The number of benzene rings is 1. The van der Waals surface area contributed by atoms with Gasteiger partial charge in [-0.2, -0.15) is 0 Å². The largest absolute Gasteiger partial charge is 0.351 e. The lowest BCUT2D eigenvalue weighted by Crippen LogP contribution is -2.29. The van der Waals surface area contributed by atoms with E-state index in [1.165, 1.54) is 13.2 Å². The van der Waals surface area contributed by atoms with Gasteiger partial charge in [-0.3, -0.25) is 9.00 Å². The average Bonchev–Trinajstić information content (AvgIpc) is 2.29. The van der Waals surface area contributed by atoms with Gasteiger partial charge in [0.15, 0.2) is 0 Å². The molecule has 6 nitrogen and oxygen atoms in total. The average molecular weight is 322 g/mol. The number of carbonyl (C=O) groups is 1. The minimum Gasteiger partial charge on any atom is -0.351 e. The normalized spacial score (nSPS) is 13.0. The van der Waals surface area contributed by atoms with Crippen LogP contribution in [-0.2, 0) is 20.8 Å². The van der Waals surface area contributed by atoms with Gasteiger partial charge >= 0.3 is 0 Å². The van der Waals surface area contributed by atoms with Gasteiger partial charge in [-0.15, -0.1) is 0 Å². The minimum absolute atomic E-state index is 0.0732. The second-order valence-electron chi connectivity index (χ2n) is 4.15. The zero-order valence-electron chi connectivity index (χ0n) is 11.0. The van der Waals surface area contributed by atoms with Crippen LogP contribution >= 0.6 is 0 Å². The van der Waals surface area contributed by atoms with Crippen molar-refractivity contribution in [1.29, 1.82) is 0 Å². The van der Waals surface area contributed by atoms with Crippen LogP contribution in [0.5, 0.6) is 0 Å². The maximum Gasteiger partial charge on any atom is 0.251 e. The summed E-state index contributed by atoms with van der Waals surface area (Å²) in [5, 5.41) is 7.41. The number of nitrogens with two attached hydrogens (primary N) is 1. The van der Waals surface area contributed by atoms with Crippen molar-refractivity contribution in [3.05, 3.63) is 29.1 Å². The van der Waals surface area contributed by atoms with Crippen molar-refractivity contribution in [3.8, 4) is 0 Å². The van der Waals surface area contributed by atoms with Crippen molar-refractivity contribution in [2.75, 3.05) is 18.6 Å². The smallest absolute Gasteiger partial charge is 0.251 e. The van der Waals surface area contributed by atoms with Crippen LogP contribution in [0.3, 0.4) is 0 Å². The molecule has 9 heteroatoms. The Hall–Kier alpha value is -1.32. The standard InChI is InChI=1S/C11H15FN2O4S2/c1-7-9(11(15)14-3-4-19(2)16)5-8(12)6-10(7)20(13,17)18/h5-6H,3-4H2,1-2H3,(H,14,15)(H2,13,17,18). The highest BCUT2D eigenvalue weighted by Gasteiger charge is 2.19. The van der Waals surface area contributed by atoms with Gasteiger partial charge in [0.2, 0.25) is 10.0 Å². The number of hydrogen-bond acceptors (Lipinski definition) is 4. The van der Waals surface area contributed by atoms with Gasteiger partial charge in [-0.1, -0.05) is 0 Å². The third-order valence-corrected chi connectivity index (χ3v) is 4.37. The fourth-order valence-corrected chi connectivity index (χ4v) is 2.79. The van der Waals surface area contributed by atoms with Crippen LogP contribution in [-0.4, -0.2) is 37.1 Å². The summed E-state index contributed by atoms with van der Waals surface area (Å²) in [6.07, 6.45) is 1.48. The van der Waals surface area contributed by atoms with Gasteiger partial charge < -0.3 is 5.32 Å². The molecular formula is C11H15FN2O4S2. The lowest BCUT2D eigenvalue weighted by Gasteiger charge is -2.10. The Morgan fingerprint density at radius 1 is 1.45 bits per heavy atom. The van der Waals surface area contributed by atoms with Gasteiger partial charge in [0.1, 0.15) is 5.82 Å². The van der Waals surface area contributed by atoms with Crippen LogP contribution in [0, 0.1) is 12.7 Å². The number of primary sulfonamides is 1. The Labute approximate surface area is 119 Å². The molecule has 112 valence electrons. The van der Waals surface area contributed by atoms with Gasteiger partial charge in [0, 0.05) is 34.9 Å². The highest BCUT2D eigenvalue weighted by molar-refractivity contribution is 7.89. The van der Waals surface area contributed by atoms with Crippen molar-refractivity contribution in [2.24, 2.45) is 5.14 Å². The summed E-state index contributed by atoms with van der Waals surface area (Å²) in [5.74, 6) is -1.26. The summed E-state index contributed by atoms with van der Waals surface area (Å²) in [4.78, 5) is 11.4. The van der Waals surface area contributed by atoms with Crippen molar-refractivity contribution < 1.29 is 21.8 Å². The Morgan fingerprint density at radius 2 is 2.05 bits per heavy atom. The zero-order chi connectivity index (χ0) is 15.5. The Balaban J connectivity index is 3.10. The quantitative estimate of drug-likeness (QED) is 0.789. The summed E-state index contributed by atoms with van der Waals surface area (Å²) in [7, 11) is -5.19. The Bertz CT molecular complexity index is 659. The topological polar surface area (TPSA) is 106 Å². The predicted octanol–water partition coefficient (Wildman–Crippen LogP) is -0.110. The number of hydrogen-bond donors (Lipinski definition) is 2. The maximum atomic E-state index is 13.4. The number of nitrogens with one attached hydrogen (secondary N) is 1. The van der Waals surface area contributed by atoms with Gasteiger partial charge in [-0.05, 0) is 24.6 Å². The van der Waals surface area contributed by atoms with Crippen LogP contribution in [0.4, 0.5) is 4.39 Å². The van der Waals surface area contributed by atoms with E-state index in [-0.39, 0.29) is 23.4 Å². The first-order valence-corrected chi connectivity index (χ1v) is 8.81. The molecule has 1 rings (SSSR count). The molecule has 0 saturated carbocycles. The first-order valence-electron chi connectivity index (χ1n) is 5.54. The molecule has 0 radical (unpaired) electrons. The third-order valence-electron chi connectivity index (χ3n) is 2.55. The zero-order valence-corrected chi connectivity index (χ0v) is 12.6.